The Morgan fingerprint density at radius 3 is 2.57 bits per heavy atom. The van der Waals surface area contributed by atoms with Gasteiger partial charge in [0.15, 0.2) is 0 Å². The van der Waals surface area contributed by atoms with Crippen LogP contribution in [0, 0.1) is 10.1 Å². The number of carbonyl (C=O) groups is 1. The lowest BCUT2D eigenvalue weighted by molar-refractivity contribution is -0.386. The second-order valence-corrected chi connectivity index (χ2v) is 6.16. The molecular formula is C18H18F2N4O4. The normalized spacial score (nSPS) is 14.7. The van der Waals surface area contributed by atoms with Gasteiger partial charge < -0.3 is 14.5 Å². The van der Waals surface area contributed by atoms with Gasteiger partial charge in [0.05, 0.1) is 4.92 Å². The largest absolute Gasteiger partial charge is 0.427 e. The highest BCUT2D eigenvalue weighted by Crippen LogP contribution is 2.33. The van der Waals surface area contributed by atoms with Crippen LogP contribution < -0.4 is 9.64 Å². The third-order valence-electron chi connectivity index (χ3n) is 4.43. The van der Waals surface area contributed by atoms with Gasteiger partial charge in [0.25, 0.3) is 5.91 Å². The highest BCUT2D eigenvalue weighted by Gasteiger charge is 2.24. The fraction of sp³-hybridized carbons (Fsp3) is 0.333. The van der Waals surface area contributed by atoms with Crippen molar-refractivity contribution in [2.75, 3.05) is 31.1 Å². The fourth-order valence-electron chi connectivity index (χ4n) is 3.10. The maximum atomic E-state index is 12.6. The molecule has 0 spiro atoms. The highest BCUT2D eigenvalue weighted by atomic mass is 19.3. The number of benzene rings is 1. The van der Waals surface area contributed by atoms with Crippen molar-refractivity contribution in [3.63, 3.8) is 0 Å². The topological polar surface area (TPSA) is 88.8 Å². The van der Waals surface area contributed by atoms with E-state index in [-0.39, 0.29) is 5.91 Å². The molecule has 0 bridgehead atoms. The lowest BCUT2D eigenvalue weighted by Gasteiger charge is -2.24. The Morgan fingerprint density at radius 2 is 1.89 bits per heavy atom. The molecule has 1 aliphatic rings. The van der Waals surface area contributed by atoms with Gasteiger partial charge in [0, 0.05) is 62.0 Å². The first-order chi connectivity index (χ1) is 13.5. The molecule has 2 aromatic rings. The predicted molar refractivity (Wildman–Crippen MR) is 96.7 cm³/mol. The van der Waals surface area contributed by atoms with Crippen LogP contribution in [0.2, 0.25) is 0 Å². The summed E-state index contributed by atoms with van der Waals surface area (Å²) in [5, 5.41) is 11.0. The molecule has 10 heteroatoms. The van der Waals surface area contributed by atoms with E-state index in [1.165, 1.54) is 12.1 Å². The van der Waals surface area contributed by atoms with Crippen LogP contribution >= 0.6 is 0 Å². The molecule has 1 aromatic carbocycles. The van der Waals surface area contributed by atoms with Crippen LogP contribution in [0.5, 0.6) is 5.75 Å². The second kappa shape index (κ2) is 8.59. The summed E-state index contributed by atoms with van der Waals surface area (Å²) < 4.78 is 29.5. The van der Waals surface area contributed by atoms with E-state index in [1.54, 1.807) is 29.4 Å². The summed E-state index contributed by atoms with van der Waals surface area (Å²) in [7, 11) is 0. The Kier molecular flexibility index (Phi) is 5.97. The molecule has 0 saturated carbocycles. The fourth-order valence-corrected chi connectivity index (χ4v) is 3.10. The quantitative estimate of drug-likeness (QED) is 0.574. The van der Waals surface area contributed by atoms with Gasteiger partial charge >= 0.3 is 12.3 Å². The molecule has 1 aromatic heterocycles. The molecule has 1 aliphatic heterocycles. The Balaban J connectivity index is 1.75. The molecule has 1 amide bonds. The van der Waals surface area contributed by atoms with Crippen LogP contribution in [0.3, 0.4) is 0 Å². The van der Waals surface area contributed by atoms with Gasteiger partial charge in [-0.2, -0.15) is 8.78 Å². The van der Waals surface area contributed by atoms with Crippen molar-refractivity contribution in [2.24, 2.45) is 0 Å². The summed E-state index contributed by atoms with van der Waals surface area (Å²) in [5.74, 6) is -0.582. The van der Waals surface area contributed by atoms with Crippen molar-refractivity contribution in [3.8, 4) is 5.75 Å². The zero-order valence-electron chi connectivity index (χ0n) is 14.8. The van der Waals surface area contributed by atoms with E-state index in [4.69, 9.17) is 0 Å². The Labute approximate surface area is 159 Å². The van der Waals surface area contributed by atoms with E-state index >= 15 is 0 Å². The Bertz CT molecular complexity index is 851. The van der Waals surface area contributed by atoms with Gasteiger partial charge in [-0.15, -0.1) is 0 Å². The minimum Gasteiger partial charge on any atom is -0.427 e. The molecule has 1 fully saturated rings. The maximum Gasteiger partial charge on any atom is 0.387 e. The van der Waals surface area contributed by atoms with Gasteiger partial charge in [-0.05, 0) is 24.6 Å². The van der Waals surface area contributed by atoms with Crippen molar-refractivity contribution < 1.29 is 23.2 Å². The van der Waals surface area contributed by atoms with Crippen LogP contribution in [0.25, 0.3) is 0 Å². The van der Waals surface area contributed by atoms with Gasteiger partial charge in [-0.3, -0.25) is 19.9 Å². The zero-order valence-corrected chi connectivity index (χ0v) is 14.8. The number of alkyl halides is 2. The summed E-state index contributed by atoms with van der Waals surface area (Å²) in [5.41, 5.74) is 0.555. The molecule has 0 unspecified atom stereocenters. The first-order valence-electron chi connectivity index (χ1n) is 8.63. The average Bonchev–Trinajstić information content (AvgIpc) is 2.93. The maximum absolute atomic E-state index is 12.6. The average molecular weight is 392 g/mol. The van der Waals surface area contributed by atoms with E-state index in [2.05, 4.69) is 9.72 Å². The number of nitro groups is 1. The number of rotatable bonds is 5. The van der Waals surface area contributed by atoms with E-state index in [1.807, 2.05) is 4.90 Å². The molecule has 0 aliphatic carbocycles. The Hall–Kier alpha value is -3.30. The minimum atomic E-state index is -3.16. The monoisotopic (exact) mass is 392 g/mol. The van der Waals surface area contributed by atoms with Gasteiger partial charge in [-0.25, -0.2) is 0 Å². The molecule has 0 radical (unpaired) electrons. The zero-order chi connectivity index (χ0) is 20.1. The van der Waals surface area contributed by atoms with Crippen molar-refractivity contribution in [3.05, 3.63) is 58.4 Å². The third kappa shape index (κ3) is 4.51. The molecule has 1 saturated heterocycles. The van der Waals surface area contributed by atoms with Crippen LogP contribution in [-0.4, -0.2) is 53.5 Å². The van der Waals surface area contributed by atoms with E-state index in [0.29, 0.717) is 43.9 Å². The van der Waals surface area contributed by atoms with Gasteiger partial charge in [0.2, 0.25) is 5.75 Å². The van der Waals surface area contributed by atoms with Gasteiger partial charge in [-0.1, -0.05) is 0 Å². The number of nitrogens with zero attached hydrogens (tertiary/aromatic N) is 4. The number of ether oxygens (including phenoxy) is 1. The van der Waals surface area contributed by atoms with E-state index in [0.717, 1.165) is 6.07 Å². The molecule has 0 atom stereocenters. The molecule has 2 heterocycles. The highest BCUT2D eigenvalue weighted by molar-refractivity contribution is 5.94. The minimum absolute atomic E-state index is 0.102. The molecule has 3 rings (SSSR count). The molecule has 8 nitrogen and oxygen atoms in total. The number of hydrogen-bond acceptors (Lipinski definition) is 6. The standard InChI is InChI=1S/C18H18F2N4O4/c19-18(20)28-16-12-14(2-3-15(16)24(26)27)22-8-1-9-23(11-10-22)17(25)13-4-6-21-7-5-13/h2-7,12,18H,1,8-11H2. The number of carbonyl (C=O) groups excluding carboxylic acids is 1. The first-order valence-corrected chi connectivity index (χ1v) is 8.63. The molecule has 0 N–H and O–H groups in total. The molecule has 28 heavy (non-hydrogen) atoms. The van der Waals surface area contributed by atoms with Crippen LogP contribution in [0.4, 0.5) is 20.2 Å². The smallest absolute Gasteiger partial charge is 0.387 e. The lowest BCUT2D eigenvalue weighted by atomic mass is 10.2. The summed E-state index contributed by atoms with van der Waals surface area (Å²) >= 11 is 0. The summed E-state index contributed by atoms with van der Waals surface area (Å²) in [6, 6.07) is 7.18. The second-order valence-electron chi connectivity index (χ2n) is 6.16. The van der Waals surface area contributed by atoms with Crippen LogP contribution in [-0.2, 0) is 0 Å². The SMILES string of the molecule is O=C(c1ccncc1)N1CCCN(c2ccc([N+](=O)[O-])c(OC(F)F)c2)CC1. The predicted octanol–water partition coefficient (Wildman–Crippen LogP) is 2.94. The molecular weight excluding hydrogens is 374 g/mol. The third-order valence-corrected chi connectivity index (χ3v) is 4.43. The Morgan fingerprint density at radius 1 is 1.14 bits per heavy atom. The van der Waals surface area contributed by atoms with Crippen LogP contribution in [0.15, 0.2) is 42.7 Å². The van der Waals surface area contributed by atoms with E-state index in [9.17, 15) is 23.7 Å². The van der Waals surface area contributed by atoms with Crippen molar-refractivity contribution in [2.45, 2.75) is 13.0 Å². The number of halogens is 2. The summed E-state index contributed by atoms with van der Waals surface area (Å²) in [6.45, 7) is -1.14. The number of aromatic nitrogens is 1. The number of nitro benzene ring substituents is 1. The van der Waals surface area contributed by atoms with E-state index < -0.39 is 23.0 Å². The first kappa shape index (κ1) is 19.5. The summed E-state index contributed by atoms with van der Waals surface area (Å²) in [6.07, 6.45) is 3.77. The number of anilines is 1. The van der Waals surface area contributed by atoms with Crippen molar-refractivity contribution in [1.29, 1.82) is 0 Å². The van der Waals surface area contributed by atoms with Crippen molar-refractivity contribution in [1.82, 2.24) is 9.88 Å². The summed E-state index contributed by atoms with van der Waals surface area (Å²) in [4.78, 5) is 30.4. The van der Waals surface area contributed by atoms with Crippen LogP contribution in [0.1, 0.15) is 16.8 Å². The molecule has 148 valence electrons. The number of pyridine rings is 1. The van der Waals surface area contributed by atoms with Crippen molar-refractivity contribution >= 4 is 17.3 Å². The number of amides is 1. The number of hydrogen-bond donors (Lipinski definition) is 0. The van der Waals surface area contributed by atoms with Gasteiger partial charge in [0.1, 0.15) is 0 Å². The lowest BCUT2D eigenvalue weighted by Crippen LogP contribution is -2.35.